The number of carbonyl (C=O) groups excluding carboxylic acids is 1. The zero-order chi connectivity index (χ0) is 22.7. The summed E-state index contributed by atoms with van der Waals surface area (Å²) in [6.07, 6.45) is 0. The van der Waals surface area contributed by atoms with Crippen LogP contribution in [0.15, 0.2) is 82.7 Å². The molecule has 0 aliphatic carbocycles. The van der Waals surface area contributed by atoms with Crippen LogP contribution >= 0.6 is 15.9 Å². The van der Waals surface area contributed by atoms with E-state index in [0.29, 0.717) is 22.8 Å². The molecular weight excluding hydrogens is 472 g/mol. The molecule has 0 bridgehead atoms. The van der Waals surface area contributed by atoms with Gasteiger partial charge in [-0.1, -0.05) is 51.8 Å². The third-order valence-electron chi connectivity index (χ3n) is 5.00. The van der Waals surface area contributed by atoms with Crippen LogP contribution in [0.1, 0.15) is 22.6 Å². The number of aryl methyl sites for hydroxylation is 1. The lowest BCUT2D eigenvalue weighted by molar-refractivity contribution is -0.136. The molecule has 0 aromatic heterocycles. The van der Waals surface area contributed by atoms with Gasteiger partial charge < -0.3 is 19.9 Å². The largest absolute Gasteiger partial charge is 0.482 e. The number of rotatable bonds is 5. The Morgan fingerprint density at radius 1 is 1.09 bits per heavy atom. The molecule has 0 saturated heterocycles. The van der Waals surface area contributed by atoms with Crippen LogP contribution in [0.4, 0.5) is 0 Å². The second-order valence-electron chi connectivity index (χ2n) is 7.25. The maximum absolute atomic E-state index is 12.2. The van der Waals surface area contributed by atoms with Gasteiger partial charge in [0.25, 0.3) is 0 Å². The molecule has 3 aromatic carbocycles. The minimum atomic E-state index is -0.556. The number of nitrogens with two attached hydrogens (primary N) is 1. The second kappa shape index (κ2) is 9.16. The van der Waals surface area contributed by atoms with Crippen molar-refractivity contribution < 1.29 is 19.0 Å². The molecule has 2 N–H and O–H groups in total. The number of benzene rings is 3. The number of nitriles is 1. The molecule has 6 nitrogen and oxygen atoms in total. The fourth-order valence-corrected chi connectivity index (χ4v) is 3.70. The van der Waals surface area contributed by atoms with Gasteiger partial charge in [0.05, 0.1) is 5.92 Å². The van der Waals surface area contributed by atoms with Crippen molar-refractivity contribution in [3.8, 4) is 23.3 Å². The molecule has 0 saturated carbocycles. The van der Waals surface area contributed by atoms with E-state index in [1.807, 2.05) is 43.3 Å². The van der Waals surface area contributed by atoms with E-state index in [-0.39, 0.29) is 18.4 Å². The summed E-state index contributed by atoms with van der Waals surface area (Å²) in [5, 5.41) is 9.66. The predicted octanol–water partition coefficient (Wildman–Crippen LogP) is 4.96. The maximum atomic E-state index is 12.2. The van der Waals surface area contributed by atoms with Gasteiger partial charge in [-0.05, 0) is 42.8 Å². The van der Waals surface area contributed by atoms with Gasteiger partial charge >= 0.3 is 5.97 Å². The van der Waals surface area contributed by atoms with E-state index in [0.717, 1.165) is 21.2 Å². The molecule has 0 radical (unpaired) electrons. The molecule has 4 rings (SSSR count). The van der Waals surface area contributed by atoms with E-state index in [4.69, 9.17) is 19.9 Å². The monoisotopic (exact) mass is 490 g/mol. The molecular formula is C25H19BrN2O4. The molecule has 7 heteroatoms. The Labute approximate surface area is 194 Å². The van der Waals surface area contributed by atoms with Crippen molar-refractivity contribution in [2.24, 2.45) is 5.73 Å². The van der Waals surface area contributed by atoms with Gasteiger partial charge in [-0.3, -0.25) is 0 Å². The summed E-state index contributed by atoms with van der Waals surface area (Å²) >= 11 is 3.35. The van der Waals surface area contributed by atoms with Crippen LogP contribution in [-0.4, -0.2) is 12.6 Å². The number of hydrogen-bond acceptors (Lipinski definition) is 6. The molecule has 0 fully saturated rings. The molecule has 1 aliphatic rings. The Balaban J connectivity index is 1.53. The summed E-state index contributed by atoms with van der Waals surface area (Å²) in [5.41, 5.74) is 9.19. The van der Waals surface area contributed by atoms with Crippen LogP contribution in [0.2, 0.25) is 0 Å². The molecule has 3 aromatic rings. The Morgan fingerprint density at radius 3 is 2.47 bits per heavy atom. The summed E-state index contributed by atoms with van der Waals surface area (Å²) < 4.78 is 17.4. The first kappa shape index (κ1) is 21.5. The van der Waals surface area contributed by atoms with Crippen LogP contribution < -0.4 is 19.9 Å². The zero-order valence-electron chi connectivity index (χ0n) is 17.2. The third-order valence-corrected chi connectivity index (χ3v) is 5.53. The number of halogens is 1. The smallest absolute Gasteiger partial charge is 0.349 e. The highest BCUT2D eigenvalue weighted by Gasteiger charge is 2.31. The van der Waals surface area contributed by atoms with Crippen LogP contribution in [0.3, 0.4) is 0 Å². The minimum absolute atomic E-state index is 0.0348. The van der Waals surface area contributed by atoms with Gasteiger partial charge in [0.2, 0.25) is 5.88 Å². The number of ether oxygens (including phenoxy) is 3. The van der Waals surface area contributed by atoms with Gasteiger partial charge in [0.1, 0.15) is 28.9 Å². The fourth-order valence-electron chi connectivity index (χ4n) is 3.44. The average Bonchev–Trinajstić information content (AvgIpc) is 2.78. The maximum Gasteiger partial charge on any atom is 0.349 e. The second-order valence-corrected chi connectivity index (χ2v) is 8.17. The fraction of sp³-hybridized carbons (Fsp3) is 0.120. The lowest BCUT2D eigenvalue weighted by Gasteiger charge is -2.26. The van der Waals surface area contributed by atoms with Crippen LogP contribution in [0.5, 0.6) is 17.2 Å². The van der Waals surface area contributed by atoms with Gasteiger partial charge in [0.15, 0.2) is 6.61 Å². The first-order chi connectivity index (χ1) is 15.4. The number of carbonyl (C=O) groups is 1. The normalized spacial score (nSPS) is 14.7. The molecule has 0 amide bonds. The van der Waals surface area contributed by atoms with Crippen LogP contribution in [0.25, 0.3) is 0 Å². The van der Waals surface area contributed by atoms with E-state index < -0.39 is 5.97 Å². The van der Waals surface area contributed by atoms with E-state index in [9.17, 15) is 10.1 Å². The SMILES string of the molecule is Cc1ccc(C2C(C#N)=C(N)Oc3cc(OC(=O)COc4ccc(Br)cc4)ccc32)cc1. The summed E-state index contributed by atoms with van der Waals surface area (Å²) in [4.78, 5) is 12.2. The highest BCUT2D eigenvalue weighted by atomic mass is 79.9. The van der Waals surface area contributed by atoms with Crippen molar-refractivity contribution in [2.45, 2.75) is 12.8 Å². The molecule has 0 spiro atoms. The molecule has 1 atom stereocenters. The van der Waals surface area contributed by atoms with Crippen molar-refractivity contribution in [3.05, 3.63) is 99.3 Å². The zero-order valence-corrected chi connectivity index (χ0v) is 18.8. The summed E-state index contributed by atoms with van der Waals surface area (Å²) in [5.74, 6) is 0.402. The number of esters is 1. The van der Waals surface area contributed by atoms with E-state index in [1.54, 1.807) is 30.3 Å². The van der Waals surface area contributed by atoms with Crippen LogP contribution in [0, 0.1) is 18.3 Å². The first-order valence-corrected chi connectivity index (χ1v) is 10.6. The standard InChI is InChI=1S/C25H19BrN2O4/c1-15-2-4-16(5-3-15)24-20-11-10-19(12-22(20)32-25(28)21(24)13-27)31-23(29)14-30-18-8-6-17(26)7-9-18/h2-12,24H,14,28H2,1H3. The number of fused-ring (bicyclic) bond motifs is 1. The van der Waals surface area contributed by atoms with E-state index in [1.165, 1.54) is 0 Å². The highest BCUT2D eigenvalue weighted by Crippen LogP contribution is 2.43. The average molecular weight is 491 g/mol. The van der Waals surface area contributed by atoms with E-state index in [2.05, 4.69) is 22.0 Å². The lowest BCUT2D eigenvalue weighted by atomic mass is 9.83. The quantitative estimate of drug-likeness (QED) is 0.401. The van der Waals surface area contributed by atoms with Crippen molar-refractivity contribution >= 4 is 21.9 Å². The highest BCUT2D eigenvalue weighted by molar-refractivity contribution is 9.10. The molecule has 1 unspecified atom stereocenters. The minimum Gasteiger partial charge on any atom is -0.482 e. The Kier molecular flexibility index (Phi) is 6.15. The molecule has 160 valence electrons. The van der Waals surface area contributed by atoms with Gasteiger partial charge in [-0.2, -0.15) is 5.26 Å². The van der Waals surface area contributed by atoms with Crippen molar-refractivity contribution in [3.63, 3.8) is 0 Å². The Bertz CT molecular complexity index is 1230. The third kappa shape index (κ3) is 4.61. The summed E-state index contributed by atoms with van der Waals surface area (Å²) in [6, 6.07) is 22.2. The molecule has 1 heterocycles. The topological polar surface area (TPSA) is 94.6 Å². The van der Waals surface area contributed by atoms with Gasteiger partial charge in [0, 0.05) is 16.1 Å². The Hall–Kier alpha value is -3.76. The van der Waals surface area contributed by atoms with Crippen LogP contribution in [-0.2, 0) is 4.79 Å². The van der Waals surface area contributed by atoms with Gasteiger partial charge in [-0.25, -0.2) is 4.79 Å². The number of hydrogen-bond donors (Lipinski definition) is 1. The lowest BCUT2D eigenvalue weighted by Crippen LogP contribution is -2.21. The first-order valence-electron chi connectivity index (χ1n) is 9.82. The molecule has 1 aliphatic heterocycles. The van der Waals surface area contributed by atoms with E-state index >= 15 is 0 Å². The number of nitrogens with zero attached hydrogens (tertiary/aromatic N) is 1. The number of allylic oxidation sites excluding steroid dienone is 1. The Morgan fingerprint density at radius 2 is 1.78 bits per heavy atom. The van der Waals surface area contributed by atoms with Crippen molar-refractivity contribution in [1.29, 1.82) is 5.26 Å². The van der Waals surface area contributed by atoms with Gasteiger partial charge in [-0.15, -0.1) is 0 Å². The summed E-state index contributed by atoms with van der Waals surface area (Å²) in [6.45, 7) is 1.75. The summed E-state index contributed by atoms with van der Waals surface area (Å²) in [7, 11) is 0. The predicted molar refractivity (Wildman–Crippen MR) is 122 cm³/mol. The molecule has 32 heavy (non-hydrogen) atoms. The van der Waals surface area contributed by atoms with Crippen molar-refractivity contribution in [1.82, 2.24) is 0 Å². The van der Waals surface area contributed by atoms with Crippen molar-refractivity contribution in [2.75, 3.05) is 6.61 Å².